The molecule has 28 heavy (non-hydrogen) atoms. The monoisotopic (exact) mass is 407 g/mol. The van der Waals surface area contributed by atoms with Gasteiger partial charge in [0.1, 0.15) is 30.8 Å². The Hall–Kier alpha value is -2.08. The Morgan fingerprint density at radius 1 is 1.14 bits per heavy atom. The molecule has 0 saturated carbocycles. The molecule has 0 heterocycles. The van der Waals surface area contributed by atoms with Crippen molar-refractivity contribution in [2.24, 2.45) is 0 Å². The van der Waals surface area contributed by atoms with Crippen LogP contribution < -0.4 is 27.2 Å². The first-order chi connectivity index (χ1) is 12.7. The number of carbonyl (C=O) groups is 1. The Morgan fingerprint density at radius 2 is 1.79 bits per heavy atom. The van der Waals surface area contributed by atoms with Gasteiger partial charge in [-0.05, 0) is 57.5 Å². The summed E-state index contributed by atoms with van der Waals surface area (Å²) in [5.41, 5.74) is 2.45. The fraction of sp³-hybridized carbons (Fsp3) is 0.409. The topological polar surface area (TPSA) is 72.4 Å². The molecule has 3 N–H and O–H groups in total. The molecule has 0 aliphatic heterocycles. The van der Waals surface area contributed by atoms with Crippen LogP contribution in [0.3, 0.4) is 0 Å². The van der Waals surface area contributed by atoms with E-state index in [1.807, 2.05) is 30.3 Å². The van der Waals surface area contributed by atoms with Crippen LogP contribution in [0.25, 0.3) is 11.1 Å². The lowest BCUT2D eigenvalue weighted by molar-refractivity contribution is -0.722. The second kappa shape index (κ2) is 10.5. The third-order valence-electron chi connectivity index (χ3n) is 4.22. The fourth-order valence-corrected chi connectivity index (χ4v) is 2.61. The third kappa shape index (κ3) is 7.15. The van der Waals surface area contributed by atoms with Gasteiger partial charge in [-0.25, -0.2) is 0 Å². The van der Waals surface area contributed by atoms with Gasteiger partial charge in [0.15, 0.2) is 5.78 Å². The van der Waals surface area contributed by atoms with Gasteiger partial charge in [-0.3, -0.25) is 4.79 Å². The van der Waals surface area contributed by atoms with Crippen molar-refractivity contribution in [1.29, 1.82) is 0 Å². The Kier molecular flexibility index (Phi) is 8.95. The standard InChI is InChI=1S/C22H29NO4.ClH/c1-15(24)17-8-11-20(16-6-9-19(26-5)10-7-16)21(12-17)27-14-18(25)13-23-22(2,3)4;/h6-12,18,23,25H,13-14H2,1-5H3;1H. The first kappa shape index (κ1) is 24.0. The molecule has 2 aromatic rings. The van der Waals surface area contributed by atoms with Gasteiger partial charge in [0, 0.05) is 11.1 Å². The average molecular weight is 408 g/mol. The quantitative estimate of drug-likeness (QED) is 0.588. The van der Waals surface area contributed by atoms with E-state index in [0.717, 1.165) is 16.9 Å². The van der Waals surface area contributed by atoms with Gasteiger partial charge >= 0.3 is 0 Å². The highest BCUT2D eigenvalue weighted by molar-refractivity contribution is 5.95. The molecule has 0 amide bonds. The Labute approximate surface area is 173 Å². The minimum absolute atomic E-state index is 0. The molecular weight excluding hydrogens is 378 g/mol. The molecule has 6 heteroatoms. The van der Waals surface area contributed by atoms with Gasteiger partial charge in [0.25, 0.3) is 0 Å². The smallest absolute Gasteiger partial charge is 0.159 e. The van der Waals surface area contributed by atoms with Crippen LogP contribution >= 0.6 is 0 Å². The van der Waals surface area contributed by atoms with Gasteiger partial charge in [-0.1, -0.05) is 18.2 Å². The number of aliphatic hydroxyl groups is 1. The van der Waals surface area contributed by atoms with Crippen molar-refractivity contribution in [3.63, 3.8) is 0 Å². The molecule has 2 aromatic carbocycles. The van der Waals surface area contributed by atoms with E-state index in [1.54, 1.807) is 19.2 Å². The summed E-state index contributed by atoms with van der Waals surface area (Å²) in [6, 6.07) is 13.1. The summed E-state index contributed by atoms with van der Waals surface area (Å²) in [6.07, 6.45) is -0.603. The number of carbonyl (C=O) groups excluding carboxylic acids is 1. The van der Waals surface area contributed by atoms with Gasteiger partial charge in [-0.2, -0.15) is 0 Å². The second-order valence-electron chi connectivity index (χ2n) is 7.77. The maximum absolute atomic E-state index is 11.8. The van der Waals surface area contributed by atoms with Crippen molar-refractivity contribution in [1.82, 2.24) is 0 Å². The SMILES string of the molecule is COc1ccc(-c2ccc(C(C)=O)cc2OCC(O)C[NH2+]C(C)(C)C)cc1.[Cl-]. The van der Waals surface area contributed by atoms with Crippen molar-refractivity contribution in [3.05, 3.63) is 48.0 Å². The zero-order valence-electron chi connectivity index (χ0n) is 17.2. The van der Waals surface area contributed by atoms with Gasteiger partial charge in [0.05, 0.1) is 12.6 Å². The van der Waals surface area contributed by atoms with Crippen LogP contribution in [0.1, 0.15) is 38.1 Å². The van der Waals surface area contributed by atoms with Crippen molar-refractivity contribution in [2.75, 3.05) is 20.3 Å². The van der Waals surface area contributed by atoms with Crippen LogP contribution in [0.4, 0.5) is 0 Å². The van der Waals surface area contributed by atoms with Crippen LogP contribution in [0, 0.1) is 0 Å². The molecule has 1 atom stereocenters. The zero-order chi connectivity index (χ0) is 20.0. The van der Waals surface area contributed by atoms with Crippen LogP contribution in [0.15, 0.2) is 42.5 Å². The number of ether oxygens (including phenoxy) is 2. The molecule has 0 bridgehead atoms. The summed E-state index contributed by atoms with van der Waals surface area (Å²) in [7, 11) is 1.63. The highest BCUT2D eigenvalue weighted by atomic mass is 35.5. The number of quaternary nitrogens is 1. The molecule has 5 nitrogen and oxygen atoms in total. The maximum Gasteiger partial charge on any atom is 0.159 e. The van der Waals surface area contributed by atoms with Crippen molar-refractivity contribution < 1.29 is 37.1 Å². The van der Waals surface area contributed by atoms with Gasteiger partial charge in [0.2, 0.25) is 0 Å². The number of aliphatic hydroxyl groups excluding tert-OH is 1. The van der Waals surface area contributed by atoms with E-state index in [1.165, 1.54) is 6.92 Å². The number of benzene rings is 2. The highest BCUT2D eigenvalue weighted by Gasteiger charge is 2.17. The fourth-order valence-electron chi connectivity index (χ4n) is 2.61. The van der Waals surface area contributed by atoms with Crippen LogP contribution in [0.5, 0.6) is 11.5 Å². The van der Waals surface area contributed by atoms with Gasteiger partial charge in [-0.15, -0.1) is 0 Å². The number of nitrogens with two attached hydrogens (primary N) is 1. The van der Waals surface area contributed by atoms with Crippen LogP contribution in [0.2, 0.25) is 0 Å². The molecule has 0 saturated heterocycles. The van der Waals surface area contributed by atoms with E-state index in [-0.39, 0.29) is 30.3 Å². The van der Waals surface area contributed by atoms with E-state index in [9.17, 15) is 9.90 Å². The zero-order valence-corrected chi connectivity index (χ0v) is 17.9. The largest absolute Gasteiger partial charge is 1.00 e. The molecule has 0 aliphatic carbocycles. The number of rotatable bonds is 8. The summed E-state index contributed by atoms with van der Waals surface area (Å²) in [4.78, 5) is 11.8. The first-order valence-electron chi connectivity index (χ1n) is 9.14. The third-order valence-corrected chi connectivity index (χ3v) is 4.22. The number of halogens is 1. The van der Waals surface area contributed by atoms with Crippen molar-refractivity contribution in [2.45, 2.75) is 39.3 Å². The summed E-state index contributed by atoms with van der Waals surface area (Å²) in [5, 5.41) is 12.3. The first-order valence-corrected chi connectivity index (χ1v) is 9.14. The van der Waals surface area contributed by atoms with E-state index in [2.05, 4.69) is 26.1 Å². The Morgan fingerprint density at radius 3 is 2.32 bits per heavy atom. The number of Topliss-reactive ketones (excluding diaryl/α,β-unsaturated/α-hetero) is 1. The number of methoxy groups -OCH3 is 1. The Balaban J connectivity index is 0.00000392. The minimum atomic E-state index is -0.603. The molecule has 0 spiro atoms. The number of hydrogen-bond acceptors (Lipinski definition) is 4. The lowest BCUT2D eigenvalue weighted by Crippen LogP contribution is -3.00. The summed E-state index contributed by atoms with van der Waals surface area (Å²) in [6.45, 7) is 8.53. The van der Waals surface area contributed by atoms with Crippen LogP contribution in [-0.2, 0) is 0 Å². The minimum Gasteiger partial charge on any atom is -1.00 e. The molecule has 0 aromatic heterocycles. The molecule has 0 fully saturated rings. The van der Waals surface area contributed by atoms with E-state index < -0.39 is 6.10 Å². The average Bonchev–Trinajstić information content (AvgIpc) is 2.64. The molecular formula is C22H30ClNO4. The summed E-state index contributed by atoms with van der Waals surface area (Å²) in [5.74, 6) is 1.33. The molecule has 0 aliphatic rings. The van der Waals surface area contributed by atoms with Crippen molar-refractivity contribution >= 4 is 5.78 Å². The lowest BCUT2D eigenvalue weighted by Gasteiger charge is -2.20. The number of ketones is 1. The molecule has 0 radical (unpaired) electrons. The predicted molar refractivity (Wildman–Crippen MR) is 106 cm³/mol. The second-order valence-corrected chi connectivity index (χ2v) is 7.77. The number of hydrogen-bond donors (Lipinski definition) is 2. The van der Waals surface area contributed by atoms with Crippen LogP contribution in [-0.4, -0.2) is 42.8 Å². The summed E-state index contributed by atoms with van der Waals surface area (Å²) >= 11 is 0. The summed E-state index contributed by atoms with van der Waals surface area (Å²) < 4.78 is 11.1. The lowest BCUT2D eigenvalue weighted by atomic mass is 10.0. The normalized spacial score (nSPS) is 12.1. The maximum atomic E-state index is 11.8. The van der Waals surface area contributed by atoms with Crippen molar-refractivity contribution in [3.8, 4) is 22.6 Å². The van der Waals surface area contributed by atoms with E-state index in [0.29, 0.717) is 17.9 Å². The van der Waals surface area contributed by atoms with E-state index in [4.69, 9.17) is 9.47 Å². The Bertz CT molecular complexity index is 769. The van der Waals surface area contributed by atoms with E-state index >= 15 is 0 Å². The highest BCUT2D eigenvalue weighted by Crippen LogP contribution is 2.32. The molecule has 1 unspecified atom stereocenters. The predicted octanol–water partition coefficient (Wildman–Crippen LogP) is -0.330. The molecule has 2 rings (SSSR count). The van der Waals surface area contributed by atoms with Gasteiger partial charge < -0.3 is 32.3 Å². The molecule has 154 valence electrons.